The lowest BCUT2D eigenvalue weighted by atomic mass is 10.3. The summed E-state index contributed by atoms with van der Waals surface area (Å²) in [6.45, 7) is 8.60. The van der Waals surface area contributed by atoms with Gasteiger partial charge in [0.2, 0.25) is 5.79 Å². The summed E-state index contributed by atoms with van der Waals surface area (Å²) in [4.78, 5) is 23.4. The lowest BCUT2D eigenvalue weighted by Gasteiger charge is -2.16. The lowest BCUT2D eigenvalue weighted by molar-refractivity contribution is -0.130. The number of rotatable bonds is 4. The average Bonchev–Trinajstić information content (AvgIpc) is 2.89. The van der Waals surface area contributed by atoms with Crippen molar-refractivity contribution in [2.75, 3.05) is 0 Å². The van der Waals surface area contributed by atoms with Crippen LogP contribution in [-0.4, -0.2) is 17.9 Å². The SMILES string of the molecule is C=C(C)C(=O)Oc1ccc(OC(=O)Oc2ccc3c(c2)OC(C)(C)O3)cc1. The van der Waals surface area contributed by atoms with E-state index in [-0.39, 0.29) is 17.1 Å². The van der Waals surface area contributed by atoms with Crippen molar-refractivity contribution >= 4 is 12.1 Å². The van der Waals surface area contributed by atoms with Crippen LogP contribution in [-0.2, 0) is 4.79 Å². The molecule has 1 aliphatic rings. The molecule has 0 aromatic heterocycles. The first-order valence-electron chi connectivity index (χ1n) is 8.11. The molecule has 27 heavy (non-hydrogen) atoms. The van der Waals surface area contributed by atoms with Crippen LogP contribution in [0.5, 0.6) is 28.7 Å². The molecule has 0 saturated carbocycles. The van der Waals surface area contributed by atoms with Crippen molar-refractivity contribution in [1.29, 1.82) is 0 Å². The maximum absolute atomic E-state index is 11.9. The number of carbonyl (C=O) groups excluding carboxylic acids is 2. The molecule has 0 aliphatic carbocycles. The number of ether oxygens (including phenoxy) is 5. The summed E-state index contributed by atoms with van der Waals surface area (Å²) in [6, 6.07) is 10.7. The van der Waals surface area contributed by atoms with Gasteiger partial charge in [-0.2, -0.15) is 0 Å². The van der Waals surface area contributed by atoms with Gasteiger partial charge < -0.3 is 23.7 Å². The first kappa shape index (κ1) is 18.3. The lowest BCUT2D eigenvalue weighted by Crippen LogP contribution is -2.29. The Bertz CT molecular complexity index is 897. The van der Waals surface area contributed by atoms with Gasteiger partial charge in [-0.15, -0.1) is 0 Å². The van der Waals surface area contributed by atoms with Crippen LogP contribution in [0.25, 0.3) is 0 Å². The van der Waals surface area contributed by atoms with Gasteiger partial charge in [-0.3, -0.25) is 0 Å². The maximum Gasteiger partial charge on any atom is 0.519 e. The van der Waals surface area contributed by atoms with E-state index in [1.807, 2.05) is 0 Å². The van der Waals surface area contributed by atoms with E-state index in [0.29, 0.717) is 17.2 Å². The fraction of sp³-hybridized carbons (Fsp3) is 0.200. The summed E-state index contributed by atoms with van der Waals surface area (Å²) >= 11 is 0. The summed E-state index contributed by atoms with van der Waals surface area (Å²) in [5.41, 5.74) is 0.283. The Hall–Kier alpha value is -3.48. The van der Waals surface area contributed by atoms with Crippen molar-refractivity contribution < 1.29 is 33.3 Å². The third kappa shape index (κ3) is 4.58. The highest BCUT2D eigenvalue weighted by atomic mass is 16.7. The van der Waals surface area contributed by atoms with Gasteiger partial charge in [0.05, 0.1) is 0 Å². The van der Waals surface area contributed by atoms with Gasteiger partial charge in [0, 0.05) is 25.5 Å². The second-order valence-corrected chi connectivity index (χ2v) is 6.31. The molecular formula is C20H18O7. The number of hydrogen-bond acceptors (Lipinski definition) is 7. The van der Waals surface area contributed by atoms with Gasteiger partial charge in [-0.05, 0) is 43.3 Å². The van der Waals surface area contributed by atoms with Crippen LogP contribution < -0.4 is 23.7 Å². The number of benzene rings is 2. The summed E-state index contributed by atoms with van der Waals surface area (Å²) in [7, 11) is 0. The molecule has 0 atom stereocenters. The van der Waals surface area contributed by atoms with Crippen molar-refractivity contribution in [2.45, 2.75) is 26.6 Å². The summed E-state index contributed by atoms with van der Waals surface area (Å²) < 4.78 is 26.5. The molecule has 0 bridgehead atoms. The molecule has 7 nitrogen and oxygen atoms in total. The largest absolute Gasteiger partial charge is 0.519 e. The number of hydrogen-bond donors (Lipinski definition) is 0. The smallest absolute Gasteiger partial charge is 0.449 e. The summed E-state index contributed by atoms with van der Waals surface area (Å²) in [5, 5.41) is 0. The Morgan fingerprint density at radius 2 is 1.37 bits per heavy atom. The van der Waals surface area contributed by atoms with Crippen LogP contribution in [0.15, 0.2) is 54.6 Å². The number of esters is 1. The predicted octanol–water partition coefficient (Wildman–Crippen LogP) is 4.25. The molecule has 2 aromatic carbocycles. The molecule has 0 saturated heterocycles. The Morgan fingerprint density at radius 3 is 2.00 bits per heavy atom. The molecule has 7 heteroatoms. The van der Waals surface area contributed by atoms with Crippen molar-refractivity contribution in [3.63, 3.8) is 0 Å². The van der Waals surface area contributed by atoms with Gasteiger partial charge in [-0.25, -0.2) is 9.59 Å². The second-order valence-electron chi connectivity index (χ2n) is 6.31. The van der Waals surface area contributed by atoms with E-state index in [2.05, 4.69) is 6.58 Å². The standard InChI is InChI=1S/C20H18O7/c1-12(2)18(21)23-13-5-7-14(8-6-13)24-19(22)25-15-9-10-16-17(11-15)27-20(3,4)26-16/h5-11H,1H2,2-4H3. The molecule has 0 fully saturated rings. The third-order valence-electron chi connectivity index (χ3n) is 3.41. The quantitative estimate of drug-likeness (QED) is 0.344. The minimum atomic E-state index is -0.917. The highest BCUT2D eigenvalue weighted by molar-refractivity contribution is 5.88. The number of fused-ring (bicyclic) bond motifs is 1. The fourth-order valence-corrected chi connectivity index (χ4v) is 2.25. The normalized spacial score (nSPS) is 13.6. The van der Waals surface area contributed by atoms with Crippen LogP contribution in [0.2, 0.25) is 0 Å². The Balaban J connectivity index is 1.58. The zero-order valence-corrected chi connectivity index (χ0v) is 15.1. The fourth-order valence-electron chi connectivity index (χ4n) is 2.25. The molecule has 1 heterocycles. The molecule has 140 valence electrons. The van der Waals surface area contributed by atoms with Crippen LogP contribution in [0, 0.1) is 0 Å². The number of carbonyl (C=O) groups is 2. The van der Waals surface area contributed by atoms with Gasteiger partial charge >= 0.3 is 12.1 Å². The first-order valence-corrected chi connectivity index (χ1v) is 8.11. The van der Waals surface area contributed by atoms with Crippen LogP contribution in [0.1, 0.15) is 20.8 Å². The van der Waals surface area contributed by atoms with E-state index in [1.54, 1.807) is 39.0 Å². The molecular weight excluding hydrogens is 352 g/mol. The Kier molecular flexibility index (Phi) is 4.77. The van der Waals surface area contributed by atoms with Crippen molar-refractivity contribution in [3.8, 4) is 28.7 Å². The summed E-state index contributed by atoms with van der Waals surface area (Å²) in [6.07, 6.45) is -0.917. The second kappa shape index (κ2) is 7.03. The van der Waals surface area contributed by atoms with E-state index in [0.717, 1.165) is 0 Å². The molecule has 1 aliphatic heterocycles. The van der Waals surface area contributed by atoms with Crippen LogP contribution in [0.3, 0.4) is 0 Å². The van der Waals surface area contributed by atoms with Crippen molar-refractivity contribution in [2.24, 2.45) is 0 Å². The van der Waals surface area contributed by atoms with E-state index >= 15 is 0 Å². The van der Waals surface area contributed by atoms with E-state index in [4.69, 9.17) is 23.7 Å². The van der Waals surface area contributed by atoms with Gasteiger partial charge in [0.25, 0.3) is 0 Å². The zero-order valence-electron chi connectivity index (χ0n) is 15.1. The molecule has 0 N–H and O–H groups in total. The van der Waals surface area contributed by atoms with Crippen molar-refractivity contribution in [1.82, 2.24) is 0 Å². The van der Waals surface area contributed by atoms with Gasteiger partial charge in [0.15, 0.2) is 11.5 Å². The summed E-state index contributed by atoms with van der Waals surface area (Å²) in [5.74, 6) is 0.548. The molecule has 0 unspecified atom stereocenters. The monoisotopic (exact) mass is 370 g/mol. The highest BCUT2D eigenvalue weighted by Gasteiger charge is 2.32. The first-order chi connectivity index (χ1) is 12.7. The van der Waals surface area contributed by atoms with Crippen LogP contribution >= 0.6 is 0 Å². The molecule has 0 amide bonds. The van der Waals surface area contributed by atoms with Crippen LogP contribution in [0.4, 0.5) is 4.79 Å². The molecule has 2 aromatic rings. The van der Waals surface area contributed by atoms with Crippen molar-refractivity contribution in [3.05, 3.63) is 54.6 Å². The minimum absolute atomic E-state index is 0.233. The maximum atomic E-state index is 11.9. The van der Waals surface area contributed by atoms with Gasteiger partial charge in [0.1, 0.15) is 17.2 Å². The topological polar surface area (TPSA) is 80.3 Å². The third-order valence-corrected chi connectivity index (χ3v) is 3.41. The zero-order chi connectivity index (χ0) is 19.6. The average molecular weight is 370 g/mol. The van der Waals surface area contributed by atoms with Gasteiger partial charge in [-0.1, -0.05) is 6.58 Å². The highest BCUT2D eigenvalue weighted by Crippen LogP contribution is 2.41. The minimum Gasteiger partial charge on any atom is -0.449 e. The molecule has 3 rings (SSSR count). The Morgan fingerprint density at radius 1 is 0.852 bits per heavy atom. The van der Waals surface area contributed by atoms with E-state index in [9.17, 15) is 9.59 Å². The molecule has 0 radical (unpaired) electrons. The predicted molar refractivity (Wildman–Crippen MR) is 95.3 cm³/mol. The van der Waals surface area contributed by atoms with E-state index in [1.165, 1.54) is 24.3 Å². The van der Waals surface area contributed by atoms with E-state index < -0.39 is 17.9 Å². The molecule has 0 spiro atoms. The Labute approximate surface area is 156 Å².